The summed E-state index contributed by atoms with van der Waals surface area (Å²) < 4.78 is 46.5. The molecule has 1 saturated heterocycles. The fourth-order valence-corrected chi connectivity index (χ4v) is 6.06. The highest BCUT2D eigenvalue weighted by Crippen LogP contribution is 2.39. The third-order valence-corrected chi connectivity index (χ3v) is 8.16. The van der Waals surface area contributed by atoms with Crippen molar-refractivity contribution in [3.8, 4) is 26.9 Å². The van der Waals surface area contributed by atoms with Crippen molar-refractivity contribution in [1.82, 2.24) is 15.1 Å². The number of likely N-dealkylation sites (tertiary alicyclic amines) is 1. The van der Waals surface area contributed by atoms with Crippen molar-refractivity contribution in [2.75, 3.05) is 19.6 Å². The first-order chi connectivity index (χ1) is 19.5. The first-order valence-electron chi connectivity index (χ1n) is 13.4. The molecule has 2 heterocycles. The van der Waals surface area contributed by atoms with Gasteiger partial charge < -0.3 is 14.4 Å². The van der Waals surface area contributed by atoms with Crippen LogP contribution in [-0.2, 0) is 20.7 Å². The van der Waals surface area contributed by atoms with Crippen LogP contribution in [0.25, 0.3) is 21.1 Å². The molecule has 0 unspecified atom stereocenters. The van der Waals surface area contributed by atoms with Crippen LogP contribution in [0, 0.1) is 0 Å². The van der Waals surface area contributed by atoms with Gasteiger partial charge in [-0.2, -0.15) is 13.2 Å². The molecule has 0 N–H and O–H groups in total. The molecule has 0 amide bonds. The number of hydrogen-bond donors (Lipinski definition) is 0. The van der Waals surface area contributed by atoms with Crippen molar-refractivity contribution < 1.29 is 32.2 Å². The third-order valence-electron chi connectivity index (χ3n) is 6.86. The maximum Gasteiger partial charge on any atom is 0.491 e. The predicted molar refractivity (Wildman–Crippen MR) is 151 cm³/mol. The highest BCUT2D eigenvalue weighted by atomic mass is 35.5. The molecule has 0 radical (unpaired) electrons. The normalized spacial score (nSPS) is 14.8. The molecule has 0 atom stereocenters. The van der Waals surface area contributed by atoms with Crippen LogP contribution in [0.15, 0.2) is 36.4 Å². The van der Waals surface area contributed by atoms with Gasteiger partial charge in [0.2, 0.25) is 0 Å². The summed E-state index contributed by atoms with van der Waals surface area (Å²) in [4.78, 5) is 24.5. The van der Waals surface area contributed by atoms with E-state index in [0.29, 0.717) is 29.8 Å². The number of benzene rings is 2. The monoisotopic (exact) mass is 609 g/mol. The maximum atomic E-state index is 12.3. The molecule has 1 fully saturated rings. The van der Waals surface area contributed by atoms with E-state index in [2.05, 4.69) is 34.0 Å². The standard InChI is InChI=1S/C29H31ClF3N3O4S/c1-4-20-21(18-10-13-36(14-11-18)15-12-25(37)40-28(38)29(31,32)33)6-5-7-22(20)27-35-34-26(41-27)19-8-9-24(23(30)16-19)39-17(2)3/h5-9,16-18H,4,10-15H2,1-3H3. The number of esters is 2. The van der Waals surface area contributed by atoms with Gasteiger partial charge in [-0.05, 0) is 81.4 Å². The van der Waals surface area contributed by atoms with Crippen LogP contribution in [0.3, 0.4) is 0 Å². The molecule has 1 aliphatic heterocycles. The molecule has 1 aromatic heterocycles. The number of hydrogen-bond acceptors (Lipinski definition) is 8. The molecule has 7 nitrogen and oxygen atoms in total. The zero-order valence-corrected chi connectivity index (χ0v) is 24.5. The Morgan fingerprint density at radius 1 is 1.12 bits per heavy atom. The van der Waals surface area contributed by atoms with E-state index in [1.807, 2.05) is 43.0 Å². The lowest BCUT2D eigenvalue weighted by Gasteiger charge is -2.33. The Morgan fingerprint density at radius 3 is 2.46 bits per heavy atom. The molecule has 4 rings (SSSR count). The number of halogens is 4. The first-order valence-corrected chi connectivity index (χ1v) is 14.6. The smallest absolute Gasteiger partial charge is 0.489 e. The van der Waals surface area contributed by atoms with Gasteiger partial charge in [0.15, 0.2) is 0 Å². The molecule has 2 aromatic carbocycles. The zero-order valence-electron chi connectivity index (χ0n) is 23.0. The van der Waals surface area contributed by atoms with Gasteiger partial charge in [-0.25, -0.2) is 4.79 Å². The van der Waals surface area contributed by atoms with Crippen LogP contribution in [0.5, 0.6) is 5.75 Å². The lowest BCUT2D eigenvalue weighted by atomic mass is 9.84. The fraction of sp³-hybridized carbons (Fsp3) is 0.448. The number of nitrogens with zero attached hydrogens (tertiary/aromatic N) is 3. The summed E-state index contributed by atoms with van der Waals surface area (Å²) in [6.45, 7) is 7.59. The molecule has 0 bridgehead atoms. The summed E-state index contributed by atoms with van der Waals surface area (Å²) in [5, 5.41) is 11.0. The van der Waals surface area contributed by atoms with Crippen LogP contribution in [0.1, 0.15) is 57.1 Å². The molecule has 0 saturated carbocycles. The van der Waals surface area contributed by atoms with Gasteiger partial charge in [0, 0.05) is 17.7 Å². The van der Waals surface area contributed by atoms with E-state index >= 15 is 0 Å². The molecular weight excluding hydrogens is 579 g/mol. The Hall–Kier alpha value is -3.02. The summed E-state index contributed by atoms with van der Waals surface area (Å²) in [5.41, 5.74) is 4.36. The van der Waals surface area contributed by atoms with E-state index in [1.165, 1.54) is 22.5 Å². The van der Waals surface area contributed by atoms with Gasteiger partial charge in [-0.1, -0.05) is 48.1 Å². The van der Waals surface area contributed by atoms with Crippen LogP contribution < -0.4 is 4.74 Å². The van der Waals surface area contributed by atoms with Gasteiger partial charge in [-0.15, -0.1) is 10.2 Å². The summed E-state index contributed by atoms with van der Waals surface area (Å²) in [6, 6.07) is 11.8. The molecular formula is C29H31ClF3N3O4S. The number of carbonyl (C=O) groups excluding carboxylic acids is 2. The average Bonchev–Trinajstić information content (AvgIpc) is 3.42. The minimum Gasteiger partial charge on any atom is -0.489 e. The second-order valence-electron chi connectivity index (χ2n) is 10.1. The van der Waals surface area contributed by atoms with E-state index in [0.717, 1.165) is 40.4 Å². The number of ether oxygens (including phenoxy) is 2. The second kappa shape index (κ2) is 13.3. The van der Waals surface area contributed by atoms with Crippen LogP contribution in [-0.4, -0.2) is 59.0 Å². The highest BCUT2D eigenvalue weighted by Gasteiger charge is 2.42. The minimum atomic E-state index is -5.18. The molecule has 41 heavy (non-hydrogen) atoms. The van der Waals surface area contributed by atoms with E-state index < -0.39 is 18.1 Å². The lowest BCUT2D eigenvalue weighted by molar-refractivity contribution is -0.201. The Bertz CT molecular complexity index is 1390. The Balaban J connectivity index is 1.41. The number of aromatic nitrogens is 2. The van der Waals surface area contributed by atoms with Crippen molar-refractivity contribution in [3.05, 3.63) is 52.5 Å². The largest absolute Gasteiger partial charge is 0.491 e. The molecule has 0 aliphatic carbocycles. The predicted octanol–water partition coefficient (Wildman–Crippen LogP) is 7.08. The first kappa shape index (κ1) is 30.9. The van der Waals surface area contributed by atoms with E-state index in [1.54, 1.807) is 0 Å². The van der Waals surface area contributed by atoms with Gasteiger partial charge >= 0.3 is 18.1 Å². The summed E-state index contributed by atoms with van der Waals surface area (Å²) >= 11 is 7.93. The number of alkyl halides is 3. The third kappa shape index (κ3) is 7.84. The molecule has 12 heteroatoms. The Morgan fingerprint density at radius 2 is 1.83 bits per heavy atom. The lowest BCUT2D eigenvalue weighted by Crippen LogP contribution is -2.35. The summed E-state index contributed by atoms with van der Waals surface area (Å²) in [5.74, 6) is -2.74. The zero-order chi connectivity index (χ0) is 29.7. The van der Waals surface area contributed by atoms with Gasteiger partial charge in [0.1, 0.15) is 15.8 Å². The van der Waals surface area contributed by atoms with Crippen LogP contribution in [0.4, 0.5) is 13.2 Å². The maximum absolute atomic E-state index is 12.3. The Labute approximate surface area is 245 Å². The summed E-state index contributed by atoms with van der Waals surface area (Å²) in [6.07, 6.45) is -2.97. The van der Waals surface area contributed by atoms with Gasteiger partial charge in [0.25, 0.3) is 0 Å². The quantitative estimate of drug-likeness (QED) is 0.189. The molecule has 3 aromatic rings. The SMILES string of the molecule is CCc1c(-c2nnc(-c3ccc(OC(C)C)c(Cl)c3)s2)cccc1C1CCN(CCC(=O)OC(=O)C(F)(F)F)CC1. The minimum absolute atomic E-state index is 0.0147. The van der Waals surface area contributed by atoms with E-state index in [4.69, 9.17) is 16.3 Å². The fourth-order valence-electron chi connectivity index (χ4n) is 4.94. The van der Waals surface area contributed by atoms with Crippen molar-refractivity contribution in [1.29, 1.82) is 0 Å². The van der Waals surface area contributed by atoms with Crippen molar-refractivity contribution >= 4 is 34.9 Å². The topological polar surface area (TPSA) is 81.6 Å². The van der Waals surface area contributed by atoms with Crippen LogP contribution >= 0.6 is 22.9 Å². The molecule has 220 valence electrons. The van der Waals surface area contributed by atoms with Crippen molar-refractivity contribution in [2.45, 2.75) is 64.7 Å². The highest BCUT2D eigenvalue weighted by molar-refractivity contribution is 7.17. The molecule has 0 spiro atoms. The van der Waals surface area contributed by atoms with E-state index in [-0.39, 0.29) is 19.1 Å². The number of rotatable bonds is 9. The number of carbonyl (C=O) groups is 2. The number of piperidine rings is 1. The average molecular weight is 610 g/mol. The van der Waals surface area contributed by atoms with E-state index in [9.17, 15) is 22.8 Å². The Kier molecular flexibility index (Phi) is 10.0. The van der Waals surface area contributed by atoms with Gasteiger partial charge in [0.05, 0.1) is 17.5 Å². The van der Waals surface area contributed by atoms with Crippen LogP contribution in [0.2, 0.25) is 5.02 Å². The summed E-state index contributed by atoms with van der Waals surface area (Å²) in [7, 11) is 0. The van der Waals surface area contributed by atoms with Crippen molar-refractivity contribution in [3.63, 3.8) is 0 Å². The molecule has 1 aliphatic rings. The second-order valence-corrected chi connectivity index (χ2v) is 11.5. The van der Waals surface area contributed by atoms with Gasteiger partial charge in [-0.3, -0.25) is 4.79 Å². The van der Waals surface area contributed by atoms with Crippen molar-refractivity contribution in [2.24, 2.45) is 0 Å².